The van der Waals surface area contributed by atoms with Gasteiger partial charge in [-0.2, -0.15) is 13.5 Å². The molecule has 0 spiro atoms. The van der Waals surface area contributed by atoms with Crippen molar-refractivity contribution in [3.8, 4) is 5.75 Å². The van der Waals surface area contributed by atoms with Gasteiger partial charge in [0.1, 0.15) is 10.7 Å². The Morgan fingerprint density at radius 1 is 1.07 bits per heavy atom. The maximum atomic E-state index is 13.2. The molecule has 3 rings (SSSR count). The number of benzene rings is 3. The van der Waals surface area contributed by atoms with Crippen LogP contribution in [0.3, 0.4) is 0 Å². The number of amides is 1. The number of carbonyl (C=O) groups excluding carboxylic acids is 1. The van der Waals surface area contributed by atoms with Crippen molar-refractivity contribution in [2.45, 2.75) is 11.3 Å². The first-order valence-electron chi connectivity index (χ1n) is 8.69. The lowest BCUT2D eigenvalue weighted by molar-refractivity contribution is -0.120. The minimum Gasteiger partial charge on any atom is -0.378 e. The molecule has 0 bridgehead atoms. The summed E-state index contributed by atoms with van der Waals surface area (Å²) in [5, 5.41) is 3.56. The summed E-state index contributed by atoms with van der Waals surface area (Å²) in [6, 6.07) is 18.2. The van der Waals surface area contributed by atoms with E-state index in [0.29, 0.717) is 5.56 Å². The van der Waals surface area contributed by atoms with Crippen LogP contribution in [0.5, 0.6) is 5.75 Å². The molecule has 0 atom stereocenters. The average Bonchev–Trinajstić information content (AvgIpc) is 2.69. The van der Waals surface area contributed by atoms with E-state index >= 15 is 0 Å². The second-order valence-electron chi connectivity index (χ2n) is 6.11. The molecule has 154 valence electrons. The third kappa shape index (κ3) is 5.65. The van der Waals surface area contributed by atoms with Crippen LogP contribution in [-0.2, 0) is 21.3 Å². The summed E-state index contributed by atoms with van der Waals surface area (Å²) in [5.74, 6) is -1.03. The third-order valence-corrected chi connectivity index (χ3v) is 5.60. The van der Waals surface area contributed by atoms with Gasteiger partial charge >= 0.3 is 10.1 Å². The molecule has 0 saturated carbocycles. The number of hydrazone groups is 1. The van der Waals surface area contributed by atoms with E-state index in [2.05, 4.69) is 10.5 Å². The zero-order chi connectivity index (χ0) is 21.6. The Hall–Kier alpha value is -3.23. The number of carbonyl (C=O) groups is 1. The molecule has 0 fully saturated rings. The molecule has 0 heterocycles. The van der Waals surface area contributed by atoms with Crippen LogP contribution < -0.4 is 9.61 Å². The predicted molar refractivity (Wildman–Crippen MR) is 112 cm³/mol. The molecule has 0 aliphatic heterocycles. The van der Waals surface area contributed by atoms with Crippen molar-refractivity contribution in [3.63, 3.8) is 0 Å². The first kappa shape index (κ1) is 21.5. The Bertz CT molecular complexity index is 1180. The van der Waals surface area contributed by atoms with Crippen LogP contribution in [-0.4, -0.2) is 20.5 Å². The SMILES string of the molecule is O=C(Cc1ccccc1)NN=Cc1ccccc1OS(=O)(=O)c1ccc(F)cc1Cl. The third-order valence-electron chi connectivity index (χ3n) is 3.88. The number of rotatable bonds is 7. The second kappa shape index (κ2) is 9.51. The quantitative estimate of drug-likeness (QED) is 0.338. The van der Waals surface area contributed by atoms with Gasteiger partial charge in [0.15, 0.2) is 5.75 Å². The Morgan fingerprint density at radius 2 is 1.77 bits per heavy atom. The van der Waals surface area contributed by atoms with Gasteiger partial charge in [-0.15, -0.1) is 0 Å². The highest BCUT2D eigenvalue weighted by molar-refractivity contribution is 7.87. The molecule has 0 aromatic heterocycles. The smallest absolute Gasteiger partial charge is 0.340 e. The zero-order valence-electron chi connectivity index (χ0n) is 15.5. The monoisotopic (exact) mass is 446 g/mol. The standard InChI is InChI=1S/C21H16ClFN2O4S/c22-18-13-17(23)10-11-20(18)30(27,28)29-19-9-5-4-8-16(19)14-24-25-21(26)12-15-6-2-1-3-7-15/h1-11,13-14H,12H2,(H,25,26). The number of halogens is 2. The van der Waals surface area contributed by atoms with Crippen LogP contribution >= 0.6 is 11.6 Å². The van der Waals surface area contributed by atoms with Crippen LogP contribution in [0.4, 0.5) is 4.39 Å². The van der Waals surface area contributed by atoms with Crippen molar-refractivity contribution in [1.29, 1.82) is 0 Å². The fraction of sp³-hybridized carbons (Fsp3) is 0.0476. The van der Waals surface area contributed by atoms with Crippen LogP contribution in [0.15, 0.2) is 82.8 Å². The summed E-state index contributed by atoms with van der Waals surface area (Å²) < 4.78 is 43.4. The van der Waals surface area contributed by atoms with Crippen molar-refractivity contribution in [2.75, 3.05) is 0 Å². The number of nitrogens with one attached hydrogen (secondary N) is 1. The lowest BCUT2D eigenvalue weighted by atomic mass is 10.1. The Morgan fingerprint density at radius 3 is 2.50 bits per heavy atom. The summed E-state index contributed by atoms with van der Waals surface area (Å²) in [4.78, 5) is 11.6. The molecule has 1 N–H and O–H groups in total. The first-order chi connectivity index (χ1) is 14.3. The van der Waals surface area contributed by atoms with Crippen molar-refractivity contribution < 1.29 is 21.8 Å². The van der Waals surface area contributed by atoms with Crippen LogP contribution in [0.25, 0.3) is 0 Å². The molecule has 9 heteroatoms. The van der Waals surface area contributed by atoms with E-state index < -0.39 is 15.9 Å². The molecule has 0 aliphatic carbocycles. The fourth-order valence-electron chi connectivity index (χ4n) is 2.50. The molecule has 0 aliphatic rings. The average molecular weight is 447 g/mol. The molecule has 0 radical (unpaired) electrons. The molecule has 0 unspecified atom stereocenters. The van der Waals surface area contributed by atoms with E-state index in [9.17, 15) is 17.6 Å². The number of nitrogens with zero attached hydrogens (tertiary/aromatic N) is 1. The summed E-state index contributed by atoms with van der Waals surface area (Å²) in [6.45, 7) is 0. The van der Waals surface area contributed by atoms with Crippen molar-refractivity contribution in [3.05, 3.63) is 94.8 Å². The summed E-state index contributed by atoms with van der Waals surface area (Å²) in [6.07, 6.45) is 1.41. The van der Waals surface area contributed by atoms with E-state index in [1.165, 1.54) is 12.3 Å². The van der Waals surface area contributed by atoms with Gasteiger partial charge in [-0.1, -0.05) is 54.1 Å². The highest BCUT2D eigenvalue weighted by atomic mass is 35.5. The van der Waals surface area contributed by atoms with E-state index in [0.717, 1.165) is 23.8 Å². The number of hydrogen-bond acceptors (Lipinski definition) is 5. The van der Waals surface area contributed by atoms with Gasteiger partial charge in [0.25, 0.3) is 0 Å². The summed E-state index contributed by atoms with van der Waals surface area (Å²) in [5.41, 5.74) is 3.51. The highest BCUT2D eigenvalue weighted by Crippen LogP contribution is 2.27. The van der Waals surface area contributed by atoms with Gasteiger partial charge in [0, 0.05) is 5.56 Å². The minimum atomic E-state index is -4.31. The Kier molecular flexibility index (Phi) is 6.81. The fourth-order valence-corrected chi connectivity index (χ4v) is 3.96. The van der Waals surface area contributed by atoms with Crippen LogP contribution in [0, 0.1) is 5.82 Å². The van der Waals surface area contributed by atoms with Crippen molar-refractivity contribution >= 4 is 33.8 Å². The van der Waals surface area contributed by atoms with Gasteiger partial charge in [-0.3, -0.25) is 4.79 Å². The molecule has 3 aromatic rings. The van der Waals surface area contributed by atoms with Crippen LogP contribution in [0.1, 0.15) is 11.1 Å². The Balaban J connectivity index is 1.72. The van der Waals surface area contributed by atoms with Gasteiger partial charge < -0.3 is 4.18 Å². The summed E-state index contributed by atoms with van der Waals surface area (Å²) >= 11 is 5.83. The zero-order valence-corrected chi connectivity index (χ0v) is 17.0. The molecular weight excluding hydrogens is 431 g/mol. The van der Waals surface area contributed by atoms with Crippen molar-refractivity contribution in [2.24, 2.45) is 5.10 Å². The summed E-state index contributed by atoms with van der Waals surface area (Å²) in [7, 11) is -4.31. The van der Waals surface area contributed by atoms with E-state index in [1.807, 2.05) is 30.3 Å². The maximum Gasteiger partial charge on any atom is 0.340 e. The topological polar surface area (TPSA) is 84.8 Å². The highest BCUT2D eigenvalue weighted by Gasteiger charge is 2.22. The maximum absolute atomic E-state index is 13.2. The van der Waals surface area contributed by atoms with E-state index in [1.54, 1.807) is 18.2 Å². The normalized spacial score (nSPS) is 11.4. The number of hydrogen-bond donors (Lipinski definition) is 1. The van der Waals surface area contributed by atoms with Crippen molar-refractivity contribution in [1.82, 2.24) is 5.43 Å². The lowest BCUT2D eigenvalue weighted by Crippen LogP contribution is -2.19. The van der Waals surface area contributed by atoms with Gasteiger partial charge in [-0.05, 0) is 35.9 Å². The van der Waals surface area contributed by atoms with Gasteiger partial charge in [0.2, 0.25) is 5.91 Å². The van der Waals surface area contributed by atoms with Crippen LogP contribution in [0.2, 0.25) is 5.02 Å². The molecular formula is C21H16ClFN2O4S. The van der Waals surface area contributed by atoms with Gasteiger partial charge in [0.05, 0.1) is 17.7 Å². The molecule has 1 amide bonds. The van der Waals surface area contributed by atoms with Gasteiger partial charge in [-0.25, -0.2) is 9.82 Å². The molecule has 3 aromatic carbocycles. The Labute approximate surface area is 178 Å². The minimum absolute atomic E-state index is 0.0287. The molecule has 30 heavy (non-hydrogen) atoms. The predicted octanol–water partition coefficient (Wildman–Crippen LogP) is 3.94. The molecule has 0 saturated heterocycles. The largest absolute Gasteiger partial charge is 0.378 e. The first-order valence-corrected chi connectivity index (χ1v) is 10.5. The second-order valence-corrected chi connectivity index (χ2v) is 8.03. The lowest BCUT2D eigenvalue weighted by Gasteiger charge is -2.10. The number of para-hydroxylation sites is 1. The van der Waals surface area contributed by atoms with E-state index in [4.69, 9.17) is 15.8 Å². The van der Waals surface area contributed by atoms with E-state index in [-0.39, 0.29) is 28.0 Å². The molecule has 6 nitrogen and oxygen atoms in total.